The monoisotopic (exact) mass is 268 g/mol. The molecule has 0 amide bonds. The summed E-state index contributed by atoms with van der Waals surface area (Å²) in [6, 6.07) is 0. The van der Waals surface area contributed by atoms with E-state index in [1.54, 1.807) is 34.6 Å². The van der Waals surface area contributed by atoms with Crippen molar-refractivity contribution >= 4 is 11.8 Å². The number of Topliss-reactive ketones (excluding diaryl/α,β-unsaturated/α-hetero) is 1. The van der Waals surface area contributed by atoms with Crippen molar-refractivity contribution in [2.45, 2.75) is 58.0 Å². The average molecular weight is 268 g/mol. The van der Waals surface area contributed by atoms with Gasteiger partial charge in [-0.1, -0.05) is 5.92 Å². The van der Waals surface area contributed by atoms with Gasteiger partial charge in [0.15, 0.2) is 11.6 Å². The molecule has 0 N–H and O–H groups in total. The van der Waals surface area contributed by atoms with Gasteiger partial charge in [-0.2, -0.15) is 0 Å². The Morgan fingerprint density at radius 2 is 1.95 bits per heavy atom. The SMILES string of the molecule is C#C[C@]1(C(=O)CC(=O)OC(C)(C)C)COC(C)(C)O1. The first kappa shape index (κ1) is 15.7. The van der Waals surface area contributed by atoms with Gasteiger partial charge in [0.25, 0.3) is 0 Å². The second-order valence-corrected chi connectivity index (χ2v) is 5.95. The fourth-order valence-electron chi connectivity index (χ4n) is 1.69. The third-order valence-corrected chi connectivity index (χ3v) is 2.45. The van der Waals surface area contributed by atoms with Gasteiger partial charge >= 0.3 is 5.97 Å². The van der Waals surface area contributed by atoms with Gasteiger partial charge < -0.3 is 14.2 Å². The predicted molar refractivity (Wildman–Crippen MR) is 68.1 cm³/mol. The van der Waals surface area contributed by atoms with Gasteiger partial charge in [-0.3, -0.25) is 9.59 Å². The predicted octanol–water partition coefficient (Wildman–Crippen LogP) is 1.44. The largest absolute Gasteiger partial charge is 0.460 e. The molecule has 1 heterocycles. The number of ether oxygens (including phenoxy) is 3. The first-order valence-corrected chi connectivity index (χ1v) is 6.07. The van der Waals surface area contributed by atoms with Gasteiger partial charge in [0, 0.05) is 0 Å². The zero-order valence-electron chi connectivity index (χ0n) is 12.0. The fraction of sp³-hybridized carbons (Fsp3) is 0.714. The number of esters is 1. The van der Waals surface area contributed by atoms with Crippen LogP contribution in [0.5, 0.6) is 0 Å². The Balaban J connectivity index is 2.73. The summed E-state index contributed by atoms with van der Waals surface area (Å²) in [6.45, 7) is 8.44. The minimum Gasteiger partial charge on any atom is -0.460 e. The van der Waals surface area contributed by atoms with E-state index in [0.29, 0.717) is 0 Å². The summed E-state index contributed by atoms with van der Waals surface area (Å²) in [6.07, 6.45) is 4.94. The minimum atomic E-state index is -1.50. The van der Waals surface area contributed by atoms with Crippen LogP contribution in [0.1, 0.15) is 41.0 Å². The standard InChI is InChI=1S/C14H20O5/c1-7-14(9-17-13(5,6)19-14)10(15)8-11(16)18-12(2,3)4/h1H,8-9H2,2-6H3/t14-/m1/s1. The Kier molecular flexibility index (Phi) is 4.08. The van der Waals surface area contributed by atoms with Crippen LogP contribution in [0.25, 0.3) is 0 Å². The third kappa shape index (κ3) is 4.05. The Morgan fingerprint density at radius 3 is 2.32 bits per heavy atom. The summed E-state index contributed by atoms with van der Waals surface area (Å²) in [4.78, 5) is 23.8. The van der Waals surface area contributed by atoms with Crippen LogP contribution < -0.4 is 0 Å². The number of ketones is 1. The maximum Gasteiger partial charge on any atom is 0.313 e. The van der Waals surface area contributed by atoms with Crippen molar-refractivity contribution < 1.29 is 23.8 Å². The van der Waals surface area contributed by atoms with Crippen molar-refractivity contribution in [1.29, 1.82) is 0 Å². The zero-order valence-corrected chi connectivity index (χ0v) is 12.0. The minimum absolute atomic E-state index is 0.0574. The topological polar surface area (TPSA) is 61.8 Å². The van der Waals surface area contributed by atoms with Crippen LogP contribution in [0.2, 0.25) is 0 Å². The second-order valence-electron chi connectivity index (χ2n) is 5.95. The van der Waals surface area contributed by atoms with Gasteiger partial charge in [-0.05, 0) is 34.6 Å². The number of carbonyl (C=O) groups excluding carboxylic acids is 2. The van der Waals surface area contributed by atoms with Crippen LogP contribution in [0.3, 0.4) is 0 Å². The second kappa shape index (κ2) is 4.95. The van der Waals surface area contributed by atoms with Crippen molar-refractivity contribution in [1.82, 2.24) is 0 Å². The summed E-state index contributed by atoms with van der Waals surface area (Å²) >= 11 is 0. The molecule has 5 heteroatoms. The molecule has 0 radical (unpaired) electrons. The summed E-state index contributed by atoms with van der Waals surface area (Å²) < 4.78 is 15.9. The number of hydrogen-bond acceptors (Lipinski definition) is 5. The van der Waals surface area contributed by atoms with E-state index >= 15 is 0 Å². The van der Waals surface area contributed by atoms with Gasteiger partial charge in [-0.15, -0.1) is 6.42 Å². The van der Waals surface area contributed by atoms with E-state index in [-0.39, 0.29) is 6.61 Å². The smallest absolute Gasteiger partial charge is 0.313 e. The van der Waals surface area contributed by atoms with E-state index in [1.807, 2.05) is 0 Å². The highest BCUT2D eigenvalue weighted by Gasteiger charge is 2.50. The molecular weight excluding hydrogens is 248 g/mol. The molecular formula is C14H20O5. The molecule has 0 bridgehead atoms. The van der Waals surface area contributed by atoms with E-state index in [2.05, 4.69) is 5.92 Å². The van der Waals surface area contributed by atoms with Crippen LogP contribution in [0.15, 0.2) is 0 Å². The van der Waals surface area contributed by atoms with E-state index < -0.39 is 35.2 Å². The molecule has 0 aliphatic carbocycles. The summed E-state index contributed by atoms with van der Waals surface area (Å²) in [5, 5.41) is 0. The molecule has 0 aromatic heterocycles. The number of carbonyl (C=O) groups is 2. The lowest BCUT2D eigenvalue weighted by molar-refractivity contribution is -0.168. The molecule has 0 unspecified atom stereocenters. The van der Waals surface area contributed by atoms with Gasteiger partial charge in [0.1, 0.15) is 12.0 Å². The Labute approximate surface area is 113 Å². The Bertz CT molecular complexity index is 424. The number of rotatable bonds is 3. The average Bonchev–Trinajstić information content (AvgIpc) is 2.52. The first-order valence-electron chi connectivity index (χ1n) is 6.07. The van der Waals surface area contributed by atoms with E-state index in [0.717, 1.165) is 0 Å². The molecule has 1 rings (SSSR count). The molecule has 5 nitrogen and oxygen atoms in total. The molecule has 0 aromatic carbocycles. The van der Waals surface area contributed by atoms with Crippen molar-refractivity contribution in [2.75, 3.05) is 6.61 Å². The van der Waals surface area contributed by atoms with Gasteiger partial charge in [0.2, 0.25) is 5.60 Å². The Hall–Kier alpha value is -1.38. The zero-order chi connectivity index (χ0) is 14.9. The van der Waals surface area contributed by atoms with Crippen LogP contribution in [-0.4, -0.2) is 35.3 Å². The molecule has 1 aliphatic rings. The van der Waals surface area contributed by atoms with Gasteiger partial charge in [0.05, 0.1) is 6.61 Å². The third-order valence-electron chi connectivity index (χ3n) is 2.45. The number of terminal acetylenes is 1. The number of hydrogen-bond donors (Lipinski definition) is 0. The van der Waals surface area contributed by atoms with Gasteiger partial charge in [-0.25, -0.2) is 0 Å². The first-order chi connectivity index (χ1) is 8.50. The summed E-state index contributed by atoms with van der Waals surface area (Å²) in [7, 11) is 0. The molecule has 1 aliphatic heterocycles. The van der Waals surface area contributed by atoms with Crippen molar-refractivity contribution in [2.24, 2.45) is 0 Å². The van der Waals surface area contributed by atoms with Crippen molar-refractivity contribution in [3.05, 3.63) is 0 Å². The molecule has 1 atom stereocenters. The van der Waals surface area contributed by atoms with E-state index in [9.17, 15) is 9.59 Å². The van der Waals surface area contributed by atoms with Crippen LogP contribution >= 0.6 is 0 Å². The van der Waals surface area contributed by atoms with Crippen LogP contribution in [0, 0.1) is 12.3 Å². The summed E-state index contributed by atoms with van der Waals surface area (Å²) in [5.41, 5.74) is -2.15. The normalized spacial score (nSPS) is 25.7. The lowest BCUT2D eigenvalue weighted by Crippen LogP contribution is -2.43. The molecule has 0 saturated carbocycles. The van der Waals surface area contributed by atoms with E-state index in [4.69, 9.17) is 20.6 Å². The maximum absolute atomic E-state index is 12.1. The molecule has 0 aromatic rings. The molecule has 0 spiro atoms. The van der Waals surface area contributed by atoms with Crippen molar-refractivity contribution in [3.63, 3.8) is 0 Å². The fourth-order valence-corrected chi connectivity index (χ4v) is 1.69. The van der Waals surface area contributed by atoms with Crippen LogP contribution in [-0.2, 0) is 23.8 Å². The molecule has 1 fully saturated rings. The molecule has 106 valence electrons. The highest BCUT2D eigenvalue weighted by molar-refractivity contribution is 6.02. The maximum atomic E-state index is 12.1. The lowest BCUT2D eigenvalue weighted by atomic mass is 9.98. The quantitative estimate of drug-likeness (QED) is 0.440. The van der Waals surface area contributed by atoms with Crippen LogP contribution in [0.4, 0.5) is 0 Å². The molecule has 1 saturated heterocycles. The van der Waals surface area contributed by atoms with Crippen molar-refractivity contribution in [3.8, 4) is 12.3 Å². The highest BCUT2D eigenvalue weighted by atomic mass is 16.8. The Morgan fingerprint density at radius 1 is 1.37 bits per heavy atom. The summed E-state index contributed by atoms with van der Waals surface area (Å²) in [5.74, 6) is 0.219. The van der Waals surface area contributed by atoms with E-state index in [1.165, 1.54) is 0 Å². The molecule has 19 heavy (non-hydrogen) atoms. The highest BCUT2D eigenvalue weighted by Crippen LogP contribution is 2.32. The lowest BCUT2D eigenvalue weighted by Gasteiger charge is -2.24.